The number of alkyl carbamates (subject to hydrolysis) is 1. The highest BCUT2D eigenvalue weighted by atomic mass is 16.6. The number of carbonyl (C=O) groups is 1. The lowest BCUT2D eigenvalue weighted by Gasteiger charge is -2.24. The molecule has 0 aromatic heterocycles. The van der Waals surface area contributed by atoms with E-state index in [0.717, 1.165) is 24.8 Å². The number of hydrogen-bond acceptors (Lipinski definition) is 4. The summed E-state index contributed by atoms with van der Waals surface area (Å²) in [6, 6.07) is 5.67. The summed E-state index contributed by atoms with van der Waals surface area (Å²) in [6.45, 7) is 3.40. The zero-order valence-electron chi connectivity index (χ0n) is 12.0. The van der Waals surface area contributed by atoms with Gasteiger partial charge in [0.15, 0.2) is 11.5 Å². The lowest BCUT2D eigenvalue weighted by molar-refractivity contribution is 0.0736. The molecule has 0 bridgehead atoms. The molecule has 1 aliphatic rings. The molecule has 1 unspecified atom stereocenters. The summed E-state index contributed by atoms with van der Waals surface area (Å²) < 4.78 is 16.3. The molecule has 1 aliphatic heterocycles. The second-order valence-electron chi connectivity index (χ2n) is 4.72. The van der Waals surface area contributed by atoms with Crippen molar-refractivity contribution in [1.82, 2.24) is 5.32 Å². The minimum atomic E-state index is -0.370. The topological polar surface area (TPSA) is 56.8 Å². The van der Waals surface area contributed by atoms with Crippen molar-refractivity contribution in [2.24, 2.45) is 0 Å². The van der Waals surface area contributed by atoms with Crippen molar-refractivity contribution in [1.29, 1.82) is 0 Å². The number of carbonyl (C=O) groups excluding carboxylic acids is 1. The van der Waals surface area contributed by atoms with Crippen molar-refractivity contribution in [3.8, 4) is 11.5 Å². The van der Waals surface area contributed by atoms with Crippen LogP contribution >= 0.6 is 0 Å². The standard InChI is InChI=1S/C15H21NO4/c1-3-4-9-19-14-10-11(5-6-13(14)18-2)12-7-8-16-15(17)20-12/h5-6,10,12H,3-4,7-9H2,1-2H3,(H,16,17). The van der Waals surface area contributed by atoms with Crippen LogP contribution in [-0.4, -0.2) is 26.4 Å². The lowest BCUT2D eigenvalue weighted by atomic mass is 10.0. The van der Waals surface area contributed by atoms with Crippen LogP contribution in [0.15, 0.2) is 18.2 Å². The molecule has 5 nitrogen and oxygen atoms in total. The molecule has 1 fully saturated rings. The van der Waals surface area contributed by atoms with E-state index in [0.29, 0.717) is 24.7 Å². The molecule has 2 rings (SSSR count). The predicted octanol–water partition coefficient (Wildman–Crippen LogP) is 3.05. The van der Waals surface area contributed by atoms with Crippen LogP contribution in [0.25, 0.3) is 0 Å². The zero-order valence-corrected chi connectivity index (χ0v) is 12.0. The Hall–Kier alpha value is -1.91. The highest BCUT2D eigenvalue weighted by Crippen LogP contribution is 2.33. The Balaban J connectivity index is 2.13. The molecule has 1 amide bonds. The number of ether oxygens (including phenoxy) is 3. The van der Waals surface area contributed by atoms with Crippen LogP contribution in [0.3, 0.4) is 0 Å². The molecule has 1 aromatic rings. The van der Waals surface area contributed by atoms with Gasteiger partial charge in [0.2, 0.25) is 0 Å². The van der Waals surface area contributed by atoms with Crippen LogP contribution in [0.2, 0.25) is 0 Å². The van der Waals surface area contributed by atoms with Gasteiger partial charge in [0, 0.05) is 13.0 Å². The molecule has 5 heteroatoms. The first kappa shape index (κ1) is 14.5. The number of cyclic esters (lactones) is 1. The van der Waals surface area contributed by atoms with Gasteiger partial charge < -0.3 is 19.5 Å². The van der Waals surface area contributed by atoms with E-state index >= 15 is 0 Å². The molecular formula is C15H21NO4. The van der Waals surface area contributed by atoms with Crippen molar-refractivity contribution < 1.29 is 19.0 Å². The van der Waals surface area contributed by atoms with Crippen LogP contribution in [0.4, 0.5) is 4.79 Å². The molecule has 1 aromatic carbocycles. The Morgan fingerprint density at radius 2 is 2.25 bits per heavy atom. The van der Waals surface area contributed by atoms with Crippen LogP contribution in [0.1, 0.15) is 37.9 Å². The molecule has 0 aliphatic carbocycles. The van der Waals surface area contributed by atoms with Crippen molar-refractivity contribution >= 4 is 6.09 Å². The third-order valence-electron chi connectivity index (χ3n) is 3.24. The molecular weight excluding hydrogens is 258 g/mol. The van der Waals surface area contributed by atoms with E-state index in [4.69, 9.17) is 14.2 Å². The highest BCUT2D eigenvalue weighted by molar-refractivity contribution is 5.68. The second-order valence-corrected chi connectivity index (χ2v) is 4.72. The van der Waals surface area contributed by atoms with Crippen molar-refractivity contribution in [2.45, 2.75) is 32.3 Å². The number of nitrogens with one attached hydrogen (secondary N) is 1. The van der Waals surface area contributed by atoms with E-state index < -0.39 is 0 Å². The first-order chi connectivity index (χ1) is 9.74. The van der Waals surface area contributed by atoms with Crippen LogP contribution in [-0.2, 0) is 4.74 Å². The fourth-order valence-electron chi connectivity index (χ4n) is 2.10. The first-order valence-electron chi connectivity index (χ1n) is 6.99. The second kappa shape index (κ2) is 7.03. The van der Waals surface area contributed by atoms with E-state index in [9.17, 15) is 4.79 Å². The number of hydrogen-bond donors (Lipinski definition) is 1. The molecule has 1 atom stereocenters. The maximum Gasteiger partial charge on any atom is 0.407 e. The van der Waals surface area contributed by atoms with Gasteiger partial charge in [0.05, 0.1) is 13.7 Å². The average Bonchev–Trinajstić information content (AvgIpc) is 2.47. The first-order valence-corrected chi connectivity index (χ1v) is 6.99. The van der Waals surface area contributed by atoms with Crippen molar-refractivity contribution in [2.75, 3.05) is 20.3 Å². The van der Waals surface area contributed by atoms with Gasteiger partial charge in [-0.2, -0.15) is 0 Å². The Kier molecular flexibility index (Phi) is 5.09. The normalized spacial score (nSPS) is 18.1. The number of rotatable bonds is 6. The summed E-state index contributed by atoms with van der Waals surface area (Å²) in [6.07, 6.45) is 2.24. The molecule has 1 heterocycles. The number of methoxy groups -OCH3 is 1. The molecule has 0 saturated carbocycles. The smallest absolute Gasteiger partial charge is 0.407 e. The Bertz CT molecular complexity index is 461. The van der Waals surface area contributed by atoms with Crippen LogP contribution in [0.5, 0.6) is 11.5 Å². The summed E-state index contributed by atoms with van der Waals surface area (Å²) in [5.74, 6) is 1.40. The number of amides is 1. The van der Waals surface area contributed by atoms with Gasteiger partial charge in [-0.05, 0) is 24.1 Å². The third kappa shape index (κ3) is 3.56. The summed E-state index contributed by atoms with van der Waals surface area (Å²) >= 11 is 0. The third-order valence-corrected chi connectivity index (χ3v) is 3.24. The van der Waals surface area contributed by atoms with E-state index in [-0.39, 0.29) is 12.2 Å². The summed E-state index contributed by atoms with van der Waals surface area (Å²) in [7, 11) is 1.62. The quantitative estimate of drug-likeness (QED) is 0.813. The van der Waals surface area contributed by atoms with E-state index in [1.54, 1.807) is 7.11 Å². The van der Waals surface area contributed by atoms with Gasteiger partial charge in [-0.3, -0.25) is 0 Å². The largest absolute Gasteiger partial charge is 0.493 e. The van der Waals surface area contributed by atoms with E-state index in [1.165, 1.54) is 0 Å². The van der Waals surface area contributed by atoms with Gasteiger partial charge in [0.1, 0.15) is 6.10 Å². The molecule has 0 spiro atoms. The SMILES string of the molecule is CCCCOc1cc(C2CCNC(=O)O2)ccc1OC. The van der Waals surface area contributed by atoms with Gasteiger partial charge in [-0.1, -0.05) is 19.4 Å². The Morgan fingerprint density at radius 1 is 1.40 bits per heavy atom. The predicted molar refractivity (Wildman–Crippen MR) is 75.2 cm³/mol. The van der Waals surface area contributed by atoms with Crippen molar-refractivity contribution in [3.05, 3.63) is 23.8 Å². The highest BCUT2D eigenvalue weighted by Gasteiger charge is 2.22. The number of benzene rings is 1. The van der Waals surface area contributed by atoms with E-state index in [2.05, 4.69) is 12.2 Å². The fraction of sp³-hybridized carbons (Fsp3) is 0.533. The van der Waals surface area contributed by atoms with Crippen molar-refractivity contribution in [3.63, 3.8) is 0 Å². The van der Waals surface area contributed by atoms with Crippen LogP contribution < -0.4 is 14.8 Å². The maximum atomic E-state index is 11.3. The summed E-state index contributed by atoms with van der Waals surface area (Å²) in [5, 5.41) is 2.64. The molecule has 1 N–H and O–H groups in total. The van der Waals surface area contributed by atoms with Crippen LogP contribution in [0, 0.1) is 0 Å². The summed E-state index contributed by atoms with van der Waals surface area (Å²) in [5.41, 5.74) is 0.937. The average molecular weight is 279 g/mol. The molecule has 110 valence electrons. The van der Waals surface area contributed by atoms with Gasteiger partial charge in [0.25, 0.3) is 0 Å². The maximum absolute atomic E-state index is 11.3. The molecule has 0 radical (unpaired) electrons. The molecule has 20 heavy (non-hydrogen) atoms. The van der Waals surface area contributed by atoms with E-state index in [1.807, 2.05) is 18.2 Å². The number of unbranched alkanes of at least 4 members (excludes halogenated alkanes) is 1. The summed E-state index contributed by atoms with van der Waals surface area (Å²) in [4.78, 5) is 11.3. The Labute approximate surface area is 119 Å². The Morgan fingerprint density at radius 3 is 2.95 bits per heavy atom. The van der Waals surface area contributed by atoms with Gasteiger partial charge in [-0.25, -0.2) is 4.79 Å². The van der Waals surface area contributed by atoms with Gasteiger partial charge >= 0.3 is 6.09 Å². The lowest BCUT2D eigenvalue weighted by Crippen LogP contribution is -2.33. The van der Waals surface area contributed by atoms with Gasteiger partial charge in [-0.15, -0.1) is 0 Å². The molecule has 1 saturated heterocycles. The minimum absolute atomic E-state index is 0.219. The monoisotopic (exact) mass is 279 g/mol. The zero-order chi connectivity index (χ0) is 14.4. The minimum Gasteiger partial charge on any atom is -0.493 e. The fourth-order valence-corrected chi connectivity index (χ4v) is 2.10.